The van der Waals surface area contributed by atoms with Gasteiger partial charge in [0.15, 0.2) is 0 Å². The SMILES string of the molecule is CC(C)C[C@@H](C)COc1ccc(-c2cc(Cl)ncn2)cc1C#N. The highest BCUT2D eigenvalue weighted by molar-refractivity contribution is 6.29. The minimum atomic E-state index is 0.372. The molecule has 0 aliphatic rings. The first-order valence-corrected chi connectivity index (χ1v) is 8.02. The fraction of sp³-hybridized carbons (Fsp3) is 0.389. The molecular weight excluding hydrogens is 310 g/mol. The van der Waals surface area contributed by atoms with E-state index in [4.69, 9.17) is 16.3 Å². The van der Waals surface area contributed by atoms with E-state index in [2.05, 4.69) is 36.8 Å². The van der Waals surface area contributed by atoms with Crippen molar-refractivity contribution in [3.8, 4) is 23.1 Å². The standard InChI is InChI=1S/C18H20ClN3O/c1-12(2)6-13(3)10-23-17-5-4-14(7-15(17)9-20)16-8-18(19)22-11-21-16/h4-5,7-8,11-13H,6,10H2,1-3H3/t13-/m1/s1. The molecule has 23 heavy (non-hydrogen) atoms. The highest BCUT2D eigenvalue weighted by Gasteiger charge is 2.11. The minimum Gasteiger partial charge on any atom is -0.492 e. The Labute approximate surface area is 142 Å². The van der Waals surface area contributed by atoms with Gasteiger partial charge in [-0.15, -0.1) is 0 Å². The van der Waals surface area contributed by atoms with Gasteiger partial charge in [0.05, 0.1) is 17.9 Å². The molecule has 0 saturated heterocycles. The summed E-state index contributed by atoms with van der Waals surface area (Å²) < 4.78 is 5.82. The molecule has 0 spiro atoms. The lowest BCUT2D eigenvalue weighted by atomic mass is 10.00. The van der Waals surface area contributed by atoms with Crippen molar-refractivity contribution in [3.63, 3.8) is 0 Å². The average molecular weight is 330 g/mol. The van der Waals surface area contributed by atoms with Crippen molar-refractivity contribution in [2.45, 2.75) is 27.2 Å². The second-order valence-corrected chi connectivity index (χ2v) is 6.48. The van der Waals surface area contributed by atoms with Gasteiger partial charge in [-0.3, -0.25) is 0 Å². The molecule has 0 aliphatic carbocycles. The molecule has 0 unspecified atom stereocenters. The third kappa shape index (κ3) is 4.94. The monoisotopic (exact) mass is 329 g/mol. The van der Waals surface area contributed by atoms with Crippen LogP contribution in [0.15, 0.2) is 30.6 Å². The molecule has 1 heterocycles. The number of hydrogen-bond acceptors (Lipinski definition) is 4. The van der Waals surface area contributed by atoms with E-state index in [0.29, 0.717) is 40.6 Å². The van der Waals surface area contributed by atoms with Crippen LogP contribution in [0.1, 0.15) is 32.8 Å². The van der Waals surface area contributed by atoms with Crippen LogP contribution in [-0.4, -0.2) is 16.6 Å². The third-order valence-electron chi connectivity index (χ3n) is 3.43. The van der Waals surface area contributed by atoms with Gasteiger partial charge in [0.25, 0.3) is 0 Å². The molecule has 0 amide bonds. The maximum Gasteiger partial charge on any atom is 0.137 e. The molecule has 1 aromatic carbocycles. The summed E-state index contributed by atoms with van der Waals surface area (Å²) in [5, 5.41) is 9.74. The predicted molar refractivity (Wildman–Crippen MR) is 91.3 cm³/mol. The van der Waals surface area contributed by atoms with Gasteiger partial charge in [0.2, 0.25) is 0 Å². The van der Waals surface area contributed by atoms with E-state index in [1.165, 1.54) is 6.33 Å². The van der Waals surface area contributed by atoms with E-state index in [1.807, 2.05) is 12.1 Å². The molecule has 0 fully saturated rings. The number of nitriles is 1. The Morgan fingerprint density at radius 1 is 1.22 bits per heavy atom. The molecule has 2 aromatic rings. The number of hydrogen-bond donors (Lipinski definition) is 0. The van der Waals surface area contributed by atoms with Crippen LogP contribution in [0, 0.1) is 23.2 Å². The van der Waals surface area contributed by atoms with E-state index in [-0.39, 0.29) is 0 Å². The van der Waals surface area contributed by atoms with Crippen molar-refractivity contribution in [1.29, 1.82) is 5.26 Å². The summed E-state index contributed by atoms with van der Waals surface area (Å²) in [6.45, 7) is 7.15. The van der Waals surface area contributed by atoms with Gasteiger partial charge in [-0.1, -0.05) is 32.4 Å². The summed E-state index contributed by atoms with van der Waals surface area (Å²) in [4.78, 5) is 8.04. The van der Waals surface area contributed by atoms with Crippen LogP contribution in [0.25, 0.3) is 11.3 Å². The second kappa shape index (κ2) is 7.94. The van der Waals surface area contributed by atoms with Gasteiger partial charge in [-0.05, 0) is 36.5 Å². The molecule has 5 heteroatoms. The highest BCUT2D eigenvalue weighted by Crippen LogP contribution is 2.26. The van der Waals surface area contributed by atoms with Gasteiger partial charge >= 0.3 is 0 Å². The van der Waals surface area contributed by atoms with Crippen molar-refractivity contribution >= 4 is 11.6 Å². The molecular formula is C18H20ClN3O. The van der Waals surface area contributed by atoms with E-state index in [1.54, 1.807) is 12.1 Å². The molecule has 2 rings (SSSR count). The second-order valence-electron chi connectivity index (χ2n) is 6.09. The maximum absolute atomic E-state index is 9.37. The summed E-state index contributed by atoms with van der Waals surface area (Å²) in [6.07, 6.45) is 2.50. The molecule has 0 saturated carbocycles. The normalized spacial score (nSPS) is 12.0. The average Bonchev–Trinajstić information content (AvgIpc) is 2.52. The molecule has 0 radical (unpaired) electrons. The summed E-state index contributed by atoms with van der Waals surface area (Å²) in [5.41, 5.74) is 1.99. The lowest BCUT2D eigenvalue weighted by Gasteiger charge is -2.16. The van der Waals surface area contributed by atoms with Crippen molar-refractivity contribution in [3.05, 3.63) is 41.3 Å². The first-order chi connectivity index (χ1) is 11.0. The summed E-state index contributed by atoms with van der Waals surface area (Å²) in [6, 6.07) is 9.31. The van der Waals surface area contributed by atoms with Crippen LogP contribution < -0.4 is 4.74 Å². The van der Waals surface area contributed by atoms with Crippen LogP contribution in [-0.2, 0) is 0 Å². The van der Waals surface area contributed by atoms with Gasteiger partial charge in [-0.25, -0.2) is 9.97 Å². The van der Waals surface area contributed by atoms with Crippen molar-refractivity contribution in [1.82, 2.24) is 9.97 Å². The number of nitrogens with zero attached hydrogens (tertiary/aromatic N) is 3. The number of aromatic nitrogens is 2. The Morgan fingerprint density at radius 2 is 2.00 bits per heavy atom. The third-order valence-corrected chi connectivity index (χ3v) is 3.63. The van der Waals surface area contributed by atoms with Crippen LogP contribution in [0.2, 0.25) is 5.15 Å². The number of halogens is 1. The van der Waals surface area contributed by atoms with Gasteiger partial charge in [-0.2, -0.15) is 5.26 Å². The fourth-order valence-electron chi connectivity index (χ4n) is 2.50. The van der Waals surface area contributed by atoms with Crippen LogP contribution in [0.3, 0.4) is 0 Å². The number of benzene rings is 1. The zero-order valence-corrected chi connectivity index (χ0v) is 14.3. The Morgan fingerprint density at radius 3 is 2.65 bits per heavy atom. The van der Waals surface area contributed by atoms with Crippen LogP contribution in [0.5, 0.6) is 5.75 Å². The Hall–Kier alpha value is -2.12. The van der Waals surface area contributed by atoms with Crippen molar-refractivity contribution in [2.24, 2.45) is 11.8 Å². The lowest BCUT2D eigenvalue weighted by Crippen LogP contribution is -2.11. The zero-order chi connectivity index (χ0) is 16.8. The number of rotatable bonds is 6. The van der Waals surface area contributed by atoms with E-state index >= 15 is 0 Å². The molecule has 1 aromatic heterocycles. The van der Waals surface area contributed by atoms with Crippen molar-refractivity contribution < 1.29 is 4.74 Å². The van der Waals surface area contributed by atoms with Gasteiger partial charge in [0, 0.05) is 11.6 Å². The van der Waals surface area contributed by atoms with E-state index in [0.717, 1.165) is 12.0 Å². The minimum absolute atomic E-state index is 0.372. The maximum atomic E-state index is 9.37. The molecule has 1 atom stereocenters. The predicted octanol–water partition coefficient (Wildman–Crippen LogP) is 4.73. The first kappa shape index (κ1) is 17.2. The summed E-state index contributed by atoms with van der Waals surface area (Å²) in [5.74, 6) is 1.68. The fourth-order valence-corrected chi connectivity index (χ4v) is 2.65. The molecule has 4 nitrogen and oxygen atoms in total. The summed E-state index contributed by atoms with van der Waals surface area (Å²) >= 11 is 5.88. The Bertz CT molecular complexity index is 710. The largest absolute Gasteiger partial charge is 0.492 e. The molecule has 0 bridgehead atoms. The quantitative estimate of drug-likeness (QED) is 0.719. The summed E-state index contributed by atoms with van der Waals surface area (Å²) in [7, 11) is 0. The van der Waals surface area contributed by atoms with Gasteiger partial charge in [0.1, 0.15) is 23.3 Å². The van der Waals surface area contributed by atoms with Crippen LogP contribution in [0.4, 0.5) is 0 Å². The molecule has 120 valence electrons. The zero-order valence-electron chi connectivity index (χ0n) is 13.6. The smallest absolute Gasteiger partial charge is 0.137 e. The van der Waals surface area contributed by atoms with E-state index < -0.39 is 0 Å². The topological polar surface area (TPSA) is 58.8 Å². The molecule has 0 N–H and O–H groups in total. The van der Waals surface area contributed by atoms with E-state index in [9.17, 15) is 5.26 Å². The highest BCUT2D eigenvalue weighted by atomic mass is 35.5. The first-order valence-electron chi connectivity index (χ1n) is 7.64. The van der Waals surface area contributed by atoms with Crippen molar-refractivity contribution in [2.75, 3.05) is 6.61 Å². The molecule has 0 aliphatic heterocycles. The Kier molecular flexibility index (Phi) is 5.95. The number of ether oxygens (including phenoxy) is 1. The van der Waals surface area contributed by atoms with Crippen LogP contribution >= 0.6 is 11.6 Å². The Balaban J connectivity index is 2.16. The van der Waals surface area contributed by atoms with Gasteiger partial charge < -0.3 is 4.74 Å². The lowest BCUT2D eigenvalue weighted by molar-refractivity contribution is 0.238.